The molecular weight excluding hydrogens is 360 g/mol. The van der Waals surface area contributed by atoms with E-state index >= 15 is 0 Å². The second kappa shape index (κ2) is 6.66. The summed E-state index contributed by atoms with van der Waals surface area (Å²) in [7, 11) is 0. The molecule has 8 heteroatoms. The number of esters is 1. The Labute approximate surface area is 158 Å². The van der Waals surface area contributed by atoms with E-state index in [0.717, 1.165) is 10.9 Å². The molecule has 2 aromatic carbocycles. The largest absolute Gasteiger partial charge is 0.462 e. The Bertz CT molecular complexity index is 1290. The van der Waals surface area contributed by atoms with Crippen molar-refractivity contribution >= 4 is 33.6 Å². The predicted octanol–water partition coefficient (Wildman–Crippen LogP) is 3.68. The van der Waals surface area contributed by atoms with Crippen LogP contribution in [0, 0.1) is 15.5 Å². The molecule has 0 saturated carbocycles. The Balaban J connectivity index is 2.08. The smallest absolute Gasteiger partial charge is 0.341 e. The molecule has 0 radical (unpaired) electrons. The lowest BCUT2D eigenvalue weighted by Crippen LogP contribution is -2.26. The Morgan fingerprint density at radius 1 is 1.18 bits per heavy atom. The summed E-state index contributed by atoms with van der Waals surface area (Å²) >= 11 is 0. The van der Waals surface area contributed by atoms with Crippen LogP contribution in [0.2, 0.25) is 0 Å². The van der Waals surface area contributed by atoms with Crippen LogP contribution in [0.25, 0.3) is 27.6 Å². The molecule has 0 fully saturated rings. The molecule has 4 aromatic rings. The van der Waals surface area contributed by atoms with E-state index in [9.17, 15) is 14.9 Å². The van der Waals surface area contributed by atoms with Crippen molar-refractivity contribution < 1.29 is 14.5 Å². The molecule has 8 nitrogen and oxygen atoms in total. The zero-order chi connectivity index (χ0) is 19.8. The van der Waals surface area contributed by atoms with E-state index < -0.39 is 10.9 Å². The van der Waals surface area contributed by atoms with E-state index in [-0.39, 0.29) is 23.3 Å². The van der Waals surface area contributed by atoms with E-state index in [0.29, 0.717) is 16.7 Å². The average Bonchev–Trinajstić information content (AvgIpc) is 3.06. The molecule has 0 aliphatic carbocycles. The maximum atomic E-state index is 12.4. The van der Waals surface area contributed by atoms with Gasteiger partial charge in [-0.05, 0) is 31.2 Å². The third kappa shape index (κ3) is 2.71. The number of rotatable bonds is 4. The number of fused-ring (bicyclic) bond motifs is 3. The minimum atomic E-state index is -0.594. The van der Waals surface area contributed by atoms with Gasteiger partial charge in [0.05, 0.1) is 22.6 Å². The number of aromatic nitrogens is 2. The van der Waals surface area contributed by atoms with Crippen molar-refractivity contribution in [2.75, 3.05) is 6.61 Å². The molecular formula is C20H16N4O4. The van der Waals surface area contributed by atoms with E-state index in [1.54, 1.807) is 29.7 Å². The molecule has 0 bridgehead atoms. The van der Waals surface area contributed by atoms with Crippen molar-refractivity contribution in [2.45, 2.75) is 6.92 Å². The van der Waals surface area contributed by atoms with Gasteiger partial charge in [-0.2, -0.15) is 0 Å². The molecule has 0 unspecified atom stereocenters. The summed E-state index contributed by atoms with van der Waals surface area (Å²) in [6, 6.07) is 15.1. The Hall–Kier alpha value is -3.94. The first-order valence-electron chi connectivity index (χ1n) is 8.64. The zero-order valence-corrected chi connectivity index (χ0v) is 14.9. The molecule has 0 saturated heterocycles. The standard InChI is InChI=1S/C20H16N4O4/c1-2-28-20(25)15-11-17-18(14-5-3-4-6-16(14)22-17)23(19(15)21)12-7-9-13(10-8-12)24(26)27/h3-11,21-22H,2H2,1H3. The van der Waals surface area contributed by atoms with Crippen molar-refractivity contribution in [2.24, 2.45) is 0 Å². The fraction of sp³-hybridized carbons (Fsp3) is 0.100. The molecule has 4 rings (SSSR count). The van der Waals surface area contributed by atoms with Gasteiger partial charge in [-0.1, -0.05) is 18.2 Å². The van der Waals surface area contributed by atoms with E-state index in [1.807, 2.05) is 24.3 Å². The van der Waals surface area contributed by atoms with Crippen molar-refractivity contribution in [3.63, 3.8) is 0 Å². The highest BCUT2D eigenvalue weighted by atomic mass is 16.6. The third-order valence-corrected chi connectivity index (χ3v) is 4.51. The molecule has 0 aliphatic rings. The van der Waals surface area contributed by atoms with Crippen LogP contribution in [-0.2, 0) is 4.74 Å². The second-order valence-electron chi connectivity index (χ2n) is 6.17. The van der Waals surface area contributed by atoms with E-state index in [1.165, 1.54) is 12.1 Å². The number of hydrogen-bond donors (Lipinski definition) is 2. The van der Waals surface area contributed by atoms with Gasteiger partial charge in [0, 0.05) is 28.7 Å². The van der Waals surface area contributed by atoms with Crippen LogP contribution in [0.3, 0.4) is 0 Å². The maximum Gasteiger partial charge on any atom is 0.341 e. The number of non-ortho nitro benzene ring substituents is 1. The topological polar surface area (TPSA) is 114 Å². The van der Waals surface area contributed by atoms with Crippen LogP contribution in [0.4, 0.5) is 5.69 Å². The summed E-state index contributed by atoms with van der Waals surface area (Å²) < 4.78 is 6.70. The summed E-state index contributed by atoms with van der Waals surface area (Å²) in [6.07, 6.45) is 0. The minimum absolute atomic E-state index is 0.0485. The van der Waals surface area contributed by atoms with Crippen molar-refractivity contribution in [1.29, 1.82) is 5.41 Å². The third-order valence-electron chi connectivity index (χ3n) is 4.51. The fourth-order valence-corrected chi connectivity index (χ4v) is 3.28. The van der Waals surface area contributed by atoms with Crippen LogP contribution in [0.15, 0.2) is 54.6 Å². The summed E-state index contributed by atoms with van der Waals surface area (Å²) in [6.45, 7) is 1.90. The molecule has 140 valence electrons. The number of benzene rings is 2. The van der Waals surface area contributed by atoms with Crippen molar-refractivity contribution in [3.05, 3.63) is 75.8 Å². The number of nitrogens with zero attached hydrogens (tertiary/aromatic N) is 2. The minimum Gasteiger partial charge on any atom is -0.462 e. The number of carbonyl (C=O) groups excluding carboxylic acids is 1. The number of hydrogen-bond acceptors (Lipinski definition) is 5. The van der Waals surface area contributed by atoms with Gasteiger partial charge in [-0.25, -0.2) is 4.79 Å². The van der Waals surface area contributed by atoms with Gasteiger partial charge < -0.3 is 9.72 Å². The van der Waals surface area contributed by atoms with Gasteiger partial charge in [0.15, 0.2) is 0 Å². The first-order valence-corrected chi connectivity index (χ1v) is 8.64. The molecule has 2 heterocycles. The molecule has 0 aliphatic heterocycles. The number of nitro groups is 1. The quantitative estimate of drug-likeness (QED) is 0.321. The molecule has 0 amide bonds. The molecule has 0 atom stereocenters. The Morgan fingerprint density at radius 2 is 1.89 bits per heavy atom. The van der Waals surface area contributed by atoms with Gasteiger partial charge >= 0.3 is 5.97 Å². The Morgan fingerprint density at radius 3 is 2.57 bits per heavy atom. The van der Waals surface area contributed by atoms with Gasteiger partial charge in [-0.3, -0.25) is 20.1 Å². The Kier molecular flexibility index (Phi) is 4.15. The number of nitrogens with one attached hydrogen (secondary N) is 2. The maximum absolute atomic E-state index is 12.4. The number of para-hydroxylation sites is 1. The highest BCUT2D eigenvalue weighted by Gasteiger charge is 2.19. The number of ether oxygens (including phenoxy) is 1. The van der Waals surface area contributed by atoms with Gasteiger partial charge in [0.1, 0.15) is 11.1 Å². The number of aromatic amines is 1. The van der Waals surface area contributed by atoms with Crippen LogP contribution >= 0.6 is 0 Å². The first kappa shape index (κ1) is 17.5. The van der Waals surface area contributed by atoms with Crippen LogP contribution in [-0.4, -0.2) is 27.1 Å². The van der Waals surface area contributed by atoms with Crippen molar-refractivity contribution in [3.8, 4) is 5.69 Å². The lowest BCUT2D eigenvalue weighted by molar-refractivity contribution is -0.384. The van der Waals surface area contributed by atoms with Gasteiger partial charge in [-0.15, -0.1) is 0 Å². The highest BCUT2D eigenvalue weighted by molar-refractivity contribution is 6.07. The number of pyridine rings is 1. The van der Waals surface area contributed by atoms with E-state index in [4.69, 9.17) is 10.1 Å². The van der Waals surface area contributed by atoms with Crippen molar-refractivity contribution in [1.82, 2.24) is 9.55 Å². The molecule has 2 aromatic heterocycles. The fourth-order valence-electron chi connectivity index (χ4n) is 3.28. The number of nitro benzene ring substituents is 1. The molecule has 2 N–H and O–H groups in total. The predicted molar refractivity (Wildman–Crippen MR) is 104 cm³/mol. The van der Waals surface area contributed by atoms with Crippen LogP contribution in [0.1, 0.15) is 17.3 Å². The highest BCUT2D eigenvalue weighted by Crippen LogP contribution is 2.27. The van der Waals surface area contributed by atoms with Crippen LogP contribution < -0.4 is 5.49 Å². The summed E-state index contributed by atoms with van der Waals surface area (Å²) in [5.74, 6) is -0.594. The van der Waals surface area contributed by atoms with Gasteiger partial charge in [0.2, 0.25) is 0 Å². The number of carbonyl (C=O) groups is 1. The molecule has 0 spiro atoms. The summed E-state index contributed by atoms with van der Waals surface area (Å²) in [4.78, 5) is 26.1. The second-order valence-corrected chi connectivity index (χ2v) is 6.17. The monoisotopic (exact) mass is 376 g/mol. The SMILES string of the molecule is CCOC(=O)c1cc2[nH]c3ccccc3c2n(-c2ccc([N+](=O)[O-])cc2)c1=N. The van der Waals surface area contributed by atoms with E-state index in [2.05, 4.69) is 4.98 Å². The first-order chi connectivity index (χ1) is 13.5. The summed E-state index contributed by atoms with van der Waals surface area (Å²) in [5, 5.41) is 20.5. The number of H-pyrrole nitrogens is 1. The van der Waals surface area contributed by atoms with Crippen LogP contribution in [0.5, 0.6) is 0 Å². The zero-order valence-electron chi connectivity index (χ0n) is 14.9. The lowest BCUT2D eigenvalue weighted by atomic mass is 10.1. The summed E-state index contributed by atoms with van der Waals surface area (Å²) in [5.41, 5.74) is 2.78. The average molecular weight is 376 g/mol. The van der Waals surface area contributed by atoms with Gasteiger partial charge in [0.25, 0.3) is 5.69 Å². The molecule has 28 heavy (non-hydrogen) atoms. The normalized spacial score (nSPS) is 11.0. The lowest BCUT2D eigenvalue weighted by Gasteiger charge is -2.12.